The quantitative estimate of drug-likeness (QED) is 0.663. The van der Waals surface area contributed by atoms with Gasteiger partial charge in [-0.2, -0.15) is 0 Å². The van der Waals surface area contributed by atoms with Crippen molar-refractivity contribution >= 4 is 17.0 Å². The van der Waals surface area contributed by atoms with Crippen molar-refractivity contribution in [2.24, 2.45) is 0 Å². The van der Waals surface area contributed by atoms with E-state index in [1.54, 1.807) is 6.33 Å². The van der Waals surface area contributed by atoms with Gasteiger partial charge in [0, 0.05) is 58.4 Å². The maximum absolute atomic E-state index is 9.93. The van der Waals surface area contributed by atoms with Crippen LogP contribution in [0.3, 0.4) is 0 Å². The maximum Gasteiger partial charge on any atom is 0.165 e. The van der Waals surface area contributed by atoms with Crippen molar-refractivity contribution in [2.45, 2.75) is 44.8 Å². The Kier molecular flexibility index (Phi) is 6.97. The van der Waals surface area contributed by atoms with E-state index in [4.69, 9.17) is 4.98 Å². The molecule has 1 unspecified atom stereocenters. The van der Waals surface area contributed by atoms with Gasteiger partial charge in [0.2, 0.25) is 0 Å². The second-order valence-electron chi connectivity index (χ2n) is 8.52. The highest BCUT2D eigenvalue weighted by Gasteiger charge is 2.26. The van der Waals surface area contributed by atoms with Crippen LogP contribution in [0.25, 0.3) is 11.2 Å². The lowest BCUT2D eigenvalue weighted by atomic mass is 10.0. The van der Waals surface area contributed by atoms with E-state index < -0.39 is 0 Å². The molecule has 0 bridgehead atoms. The van der Waals surface area contributed by atoms with Crippen LogP contribution in [0, 0.1) is 0 Å². The number of aliphatic hydroxyl groups excluding tert-OH is 1. The largest absolute Gasteiger partial charge is 0.392 e. The summed E-state index contributed by atoms with van der Waals surface area (Å²) in [5, 5.41) is 9.93. The normalized spacial score (nSPS) is 20.7. The van der Waals surface area contributed by atoms with Gasteiger partial charge in [-0.25, -0.2) is 15.0 Å². The molecule has 2 aromatic rings. The summed E-state index contributed by atoms with van der Waals surface area (Å²) in [5.74, 6) is 0.964. The van der Waals surface area contributed by atoms with E-state index in [9.17, 15) is 5.11 Å². The average molecular weight is 414 g/mol. The topological polar surface area (TPSA) is 73.6 Å². The molecular formula is C22H35N7O. The summed E-state index contributed by atoms with van der Waals surface area (Å²) < 4.78 is 2.24. The van der Waals surface area contributed by atoms with Gasteiger partial charge in [0.15, 0.2) is 17.0 Å². The molecule has 1 N–H and O–H groups in total. The van der Waals surface area contributed by atoms with Gasteiger partial charge in [-0.1, -0.05) is 13.0 Å². The molecule has 4 rings (SSSR count). The highest BCUT2D eigenvalue weighted by Crippen LogP contribution is 2.29. The Balaban J connectivity index is 1.42. The van der Waals surface area contributed by atoms with Crippen LogP contribution in [0.15, 0.2) is 25.3 Å². The molecule has 2 aliphatic rings. The molecule has 4 heterocycles. The molecule has 30 heavy (non-hydrogen) atoms. The van der Waals surface area contributed by atoms with Gasteiger partial charge < -0.3 is 19.5 Å². The number of nitrogens with zero attached hydrogens (tertiary/aromatic N) is 7. The average Bonchev–Trinajstić information content (AvgIpc) is 3.23. The van der Waals surface area contributed by atoms with Crippen molar-refractivity contribution in [2.75, 3.05) is 57.3 Å². The Bertz CT molecular complexity index is 822. The zero-order valence-corrected chi connectivity index (χ0v) is 18.2. The summed E-state index contributed by atoms with van der Waals surface area (Å²) in [6.07, 6.45) is 9.38. The second kappa shape index (κ2) is 9.85. The molecule has 8 nitrogen and oxygen atoms in total. The number of imidazole rings is 1. The molecule has 8 heteroatoms. The predicted octanol–water partition coefficient (Wildman–Crippen LogP) is 1.93. The number of piperazine rings is 1. The van der Waals surface area contributed by atoms with Gasteiger partial charge in [0.05, 0.1) is 12.4 Å². The minimum Gasteiger partial charge on any atom is -0.392 e. The minimum atomic E-state index is -0.219. The predicted molar refractivity (Wildman–Crippen MR) is 120 cm³/mol. The zero-order valence-electron chi connectivity index (χ0n) is 18.2. The first-order valence-corrected chi connectivity index (χ1v) is 11.4. The Morgan fingerprint density at radius 3 is 2.57 bits per heavy atom. The molecular weight excluding hydrogens is 378 g/mol. The number of aromatic nitrogens is 4. The lowest BCUT2D eigenvalue weighted by Gasteiger charge is -2.35. The van der Waals surface area contributed by atoms with Gasteiger partial charge in [0.1, 0.15) is 6.33 Å². The molecule has 164 valence electrons. The van der Waals surface area contributed by atoms with E-state index in [-0.39, 0.29) is 6.10 Å². The van der Waals surface area contributed by atoms with Crippen LogP contribution in [0.2, 0.25) is 0 Å². The number of β-amino-alcohol motifs (C(OH)–C–C–N with tert-alkyl or cyclic N) is 1. The Morgan fingerprint density at radius 1 is 1.10 bits per heavy atom. The summed E-state index contributed by atoms with van der Waals surface area (Å²) in [5.41, 5.74) is 1.86. The molecule has 0 amide bonds. The monoisotopic (exact) mass is 413 g/mol. The summed E-state index contributed by atoms with van der Waals surface area (Å²) >= 11 is 0. The molecule has 2 saturated heterocycles. The highest BCUT2D eigenvalue weighted by molar-refractivity contribution is 5.83. The number of piperidine rings is 1. The first kappa shape index (κ1) is 21.2. The van der Waals surface area contributed by atoms with Crippen molar-refractivity contribution in [3.05, 3.63) is 25.3 Å². The summed E-state index contributed by atoms with van der Waals surface area (Å²) in [7, 11) is 0. The lowest BCUT2D eigenvalue weighted by molar-refractivity contribution is 0.0885. The summed E-state index contributed by atoms with van der Waals surface area (Å²) in [4.78, 5) is 21.1. The number of hydrogen-bond acceptors (Lipinski definition) is 7. The van der Waals surface area contributed by atoms with Crippen LogP contribution in [-0.2, 0) is 0 Å². The van der Waals surface area contributed by atoms with E-state index >= 15 is 0 Å². The van der Waals surface area contributed by atoms with E-state index in [1.165, 1.54) is 0 Å². The van der Waals surface area contributed by atoms with Gasteiger partial charge in [-0.15, -0.1) is 6.58 Å². The number of rotatable bonds is 8. The summed E-state index contributed by atoms with van der Waals surface area (Å²) in [6.45, 7) is 13.8. The fourth-order valence-corrected chi connectivity index (χ4v) is 4.60. The molecule has 2 aliphatic heterocycles. The number of fused-ring (bicyclic) bond motifs is 1. The van der Waals surface area contributed by atoms with Crippen LogP contribution < -0.4 is 4.90 Å². The SMILES string of the molecule is C=CCCN1CCN(c2ncnc3c2ncn3C2CCN(CC(O)CC)CC2)CC1. The van der Waals surface area contributed by atoms with Crippen molar-refractivity contribution in [1.82, 2.24) is 29.3 Å². The second-order valence-corrected chi connectivity index (χ2v) is 8.52. The maximum atomic E-state index is 9.93. The molecule has 0 saturated carbocycles. The third kappa shape index (κ3) is 4.66. The highest BCUT2D eigenvalue weighted by atomic mass is 16.3. The van der Waals surface area contributed by atoms with Crippen molar-refractivity contribution in [1.29, 1.82) is 0 Å². The Hall–Kier alpha value is -2.03. The first-order valence-electron chi connectivity index (χ1n) is 11.4. The third-order valence-electron chi connectivity index (χ3n) is 6.55. The molecule has 2 fully saturated rings. The van der Waals surface area contributed by atoms with E-state index in [0.717, 1.165) is 95.0 Å². The Morgan fingerprint density at radius 2 is 1.87 bits per heavy atom. The van der Waals surface area contributed by atoms with Gasteiger partial charge in [0.25, 0.3) is 0 Å². The van der Waals surface area contributed by atoms with E-state index in [1.807, 2.05) is 19.3 Å². The standard InChI is InChI=1S/C22H35N7O/c1-3-5-8-26-11-13-28(14-12-26)21-20-22(24-16-23-21)29(17-25-20)18-6-9-27(10-7-18)15-19(30)4-2/h3,16-19,30H,1,4-15H2,2H3. The Labute approximate surface area is 179 Å². The molecule has 1 atom stereocenters. The fourth-order valence-electron chi connectivity index (χ4n) is 4.60. The molecule has 2 aromatic heterocycles. The zero-order chi connectivity index (χ0) is 20.9. The van der Waals surface area contributed by atoms with Crippen LogP contribution >= 0.6 is 0 Å². The number of hydrogen-bond donors (Lipinski definition) is 1. The molecule has 0 aromatic carbocycles. The van der Waals surface area contributed by atoms with Crippen LogP contribution in [0.1, 0.15) is 38.6 Å². The van der Waals surface area contributed by atoms with Crippen LogP contribution in [0.5, 0.6) is 0 Å². The van der Waals surface area contributed by atoms with Gasteiger partial charge in [-0.05, 0) is 25.7 Å². The lowest BCUT2D eigenvalue weighted by Crippen LogP contribution is -2.47. The van der Waals surface area contributed by atoms with E-state index in [0.29, 0.717) is 6.04 Å². The number of anilines is 1. The van der Waals surface area contributed by atoms with Crippen LogP contribution in [0.4, 0.5) is 5.82 Å². The van der Waals surface area contributed by atoms with E-state index in [2.05, 4.69) is 35.8 Å². The third-order valence-corrected chi connectivity index (χ3v) is 6.55. The number of likely N-dealkylation sites (tertiary alicyclic amines) is 1. The number of aliphatic hydroxyl groups is 1. The smallest absolute Gasteiger partial charge is 0.165 e. The molecule has 0 spiro atoms. The van der Waals surface area contributed by atoms with Crippen molar-refractivity contribution in [3.8, 4) is 0 Å². The van der Waals surface area contributed by atoms with Gasteiger partial charge in [-0.3, -0.25) is 4.90 Å². The van der Waals surface area contributed by atoms with Crippen LogP contribution in [-0.4, -0.2) is 92.9 Å². The molecule has 0 radical (unpaired) electrons. The molecule has 0 aliphatic carbocycles. The van der Waals surface area contributed by atoms with Gasteiger partial charge >= 0.3 is 0 Å². The fraction of sp³-hybridized carbons (Fsp3) is 0.682. The summed E-state index contributed by atoms with van der Waals surface area (Å²) in [6, 6.07) is 0.406. The first-order chi connectivity index (χ1) is 14.7. The minimum absolute atomic E-state index is 0.219. The van der Waals surface area contributed by atoms with Crippen molar-refractivity contribution in [3.63, 3.8) is 0 Å². The van der Waals surface area contributed by atoms with Crippen molar-refractivity contribution < 1.29 is 5.11 Å².